The molecule has 0 bridgehead atoms. The molecule has 0 saturated heterocycles. The molecule has 0 aliphatic rings. The van der Waals surface area contributed by atoms with Gasteiger partial charge in [0.15, 0.2) is 0 Å². The quantitative estimate of drug-likeness (QED) is 0.462. The lowest BCUT2D eigenvalue weighted by atomic mass is 10.2. The fraction of sp³-hybridized carbons (Fsp3) is 0.455. The highest BCUT2D eigenvalue weighted by molar-refractivity contribution is 7.85. The Morgan fingerprint density at radius 2 is 1.88 bits per heavy atom. The molecule has 1 aromatic carbocycles. The molecule has 0 saturated carbocycles. The Morgan fingerprint density at radius 1 is 1.24 bits per heavy atom. The van der Waals surface area contributed by atoms with Crippen LogP contribution in [-0.4, -0.2) is 38.1 Å². The van der Waals surface area contributed by atoms with Crippen LogP contribution < -0.4 is 5.30 Å². The van der Waals surface area contributed by atoms with Crippen molar-refractivity contribution >= 4 is 24.0 Å². The third-order valence-electron chi connectivity index (χ3n) is 2.11. The van der Waals surface area contributed by atoms with E-state index in [0.29, 0.717) is 15.2 Å². The zero-order chi connectivity index (χ0) is 12.7. The van der Waals surface area contributed by atoms with Crippen molar-refractivity contribution in [2.75, 3.05) is 25.1 Å². The minimum Gasteiger partial charge on any atom is -0.380 e. The average Bonchev–Trinajstić information content (AvgIpc) is 2.24. The maximum Gasteiger partial charge on any atom is 0.267 e. The topological polar surface area (TPSA) is 63.6 Å². The van der Waals surface area contributed by atoms with Crippen molar-refractivity contribution in [2.45, 2.75) is 6.92 Å². The molecule has 1 rings (SSSR count). The van der Waals surface area contributed by atoms with Gasteiger partial charge in [0, 0.05) is 0 Å². The molecule has 0 amide bonds. The summed E-state index contributed by atoms with van der Waals surface area (Å²) < 4.78 is 34.4. The Labute approximate surface area is 104 Å². The van der Waals surface area contributed by atoms with Crippen LogP contribution in [0, 0.1) is 6.92 Å². The molecular formula is C11H17O4PS. The monoisotopic (exact) mass is 276 g/mol. The molecule has 0 aliphatic carbocycles. The fourth-order valence-corrected chi connectivity index (χ4v) is 2.47. The van der Waals surface area contributed by atoms with Crippen molar-refractivity contribution in [1.82, 2.24) is 0 Å². The summed E-state index contributed by atoms with van der Waals surface area (Å²) in [6.45, 7) is 2.62. The summed E-state index contributed by atoms with van der Waals surface area (Å²) >= 11 is 0. The van der Waals surface area contributed by atoms with Crippen LogP contribution in [0.5, 0.6) is 0 Å². The highest BCUT2D eigenvalue weighted by atomic mass is 32.2. The first-order valence-corrected chi connectivity index (χ1v) is 8.12. The van der Waals surface area contributed by atoms with Gasteiger partial charge in [-0.3, -0.25) is 4.55 Å². The lowest BCUT2D eigenvalue weighted by Gasteiger charge is -2.04. The molecule has 96 valence electrons. The second-order valence-corrected chi connectivity index (χ2v) is 6.69. The number of rotatable bonds is 7. The van der Waals surface area contributed by atoms with Gasteiger partial charge < -0.3 is 4.74 Å². The Balaban J connectivity index is 2.10. The minimum absolute atomic E-state index is 0.0528. The molecule has 1 N–H and O–H groups in total. The van der Waals surface area contributed by atoms with E-state index in [1.165, 1.54) is 10.9 Å². The van der Waals surface area contributed by atoms with Crippen molar-refractivity contribution in [3.05, 3.63) is 29.8 Å². The number of benzene rings is 1. The van der Waals surface area contributed by atoms with Crippen molar-refractivity contribution in [2.24, 2.45) is 0 Å². The van der Waals surface area contributed by atoms with Gasteiger partial charge in [-0.1, -0.05) is 38.4 Å². The van der Waals surface area contributed by atoms with Crippen LogP contribution >= 0.6 is 8.58 Å². The van der Waals surface area contributed by atoms with Gasteiger partial charge in [0.1, 0.15) is 0 Å². The van der Waals surface area contributed by atoms with E-state index in [4.69, 9.17) is 9.29 Å². The summed E-state index contributed by atoms with van der Waals surface area (Å²) in [4.78, 5) is 0. The van der Waals surface area contributed by atoms with E-state index >= 15 is 0 Å². The third kappa shape index (κ3) is 7.45. The fourth-order valence-electron chi connectivity index (χ4n) is 1.21. The molecule has 1 aromatic rings. The predicted molar refractivity (Wildman–Crippen MR) is 71.2 cm³/mol. The van der Waals surface area contributed by atoms with E-state index in [0.717, 1.165) is 6.16 Å². The van der Waals surface area contributed by atoms with Gasteiger partial charge in [-0.2, -0.15) is 8.42 Å². The normalized spacial score (nSPS) is 12.4. The van der Waals surface area contributed by atoms with Gasteiger partial charge in [-0.05, 0) is 18.4 Å². The molecule has 0 fully saturated rings. The summed E-state index contributed by atoms with van der Waals surface area (Å²) in [5.74, 6) is -0.333. The molecule has 4 nitrogen and oxygen atoms in total. The van der Waals surface area contributed by atoms with Crippen LogP contribution in [-0.2, 0) is 14.9 Å². The molecule has 1 atom stereocenters. The summed E-state index contributed by atoms with van der Waals surface area (Å²) in [5, 5.41) is 1.27. The van der Waals surface area contributed by atoms with Crippen molar-refractivity contribution in [3.8, 4) is 0 Å². The van der Waals surface area contributed by atoms with E-state index in [1.54, 1.807) is 0 Å². The lowest BCUT2D eigenvalue weighted by Crippen LogP contribution is -2.12. The Morgan fingerprint density at radius 3 is 2.47 bits per heavy atom. The molecule has 0 heterocycles. The van der Waals surface area contributed by atoms with E-state index < -0.39 is 10.1 Å². The molecule has 0 aliphatic heterocycles. The molecule has 0 spiro atoms. The van der Waals surface area contributed by atoms with Gasteiger partial charge in [0.2, 0.25) is 0 Å². The van der Waals surface area contributed by atoms with Gasteiger partial charge in [0.25, 0.3) is 10.1 Å². The maximum atomic E-state index is 10.4. The molecule has 17 heavy (non-hydrogen) atoms. The van der Waals surface area contributed by atoms with Crippen molar-refractivity contribution in [3.63, 3.8) is 0 Å². The highest BCUT2D eigenvalue weighted by Crippen LogP contribution is 2.10. The molecule has 1 unspecified atom stereocenters. The second kappa shape index (κ2) is 7.07. The first kappa shape index (κ1) is 14.6. The molecule has 0 aromatic heterocycles. The SMILES string of the molecule is Cc1ccc(PCCOCCS(=O)(=O)O)cc1. The number of aryl methyl sites for hydroxylation is 1. The molecular weight excluding hydrogens is 259 g/mol. The molecule has 6 heteroatoms. The van der Waals surface area contributed by atoms with E-state index in [-0.39, 0.29) is 12.4 Å². The van der Waals surface area contributed by atoms with Crippen LogP contribution in [0.4, 0.5) is 0 Å². The number of hydrogen-bond acceptors (Lipinski definition) is 3. The maximum absolute atomic E-state index is 10.4. The Bertz CT molecular complexity index is 427. The minimum atomic E-state index is -3.89. The summed E-state index contributed by atoms with van der Waals surface area (Å²) in [5.41, 5.74) is 1.24. The van der Waals surface area contributed by atoms with Crippen LogP contribution in [0.3, 0.4) is 0 Å². The smallest absolute Gasteiger partial charge is 0.267 e. The van der Waals surface area contributed by atoms with Gasteiger partial charge in [-0.15, -0.1) is 0 Å². The standard InChI is InChI=1S/C11H17O4PS/c1-10-2-4-11(5-3-10)16-8-6-15-7-9-17(12,13)14/h2-5,16H,6-9H2,1H3,(H,12,13,14). The Hall–Kier alpha value is -0.480. The van der Waals surface area contributed by atoms with Gasteiger partial charge >= 0.3 is 0 Å². The first-order valence-electron chi connectivity index (χ1n) is 5.31. The van der Waals surface area contributed by atoms with Crippen molar-refractivity contribution in [1.29, 1.82) is 0 Å². The summed E-state index contributed by atoms with van der Waals surface area (Å²) in [6.07, 6.45) is 0.870. The zero-order valence-corrected chi connectivity index (χ0v) is 11.5. The second-order valence-electron chi connectivity index (χ2n) is 3.69. The number of ether oxygens (including phenoxy) is 1. The van der Waals surface area contributed by atoms with E-state index in [2.05, 4.69) is 24.3 Å². The predicted octanol–water partition coefficient (Wildman–Crippen LogP) is 1.20. The summed E-state index contributed by atoms with van der Waals surface area (Å²) in [7, 11) is -3.23. The first-order chi connectivity index (χ1) is 7.97. The van der Waals surface area contributed by atoms with Crippen LogP contribution in [0.15, 0.2) is 24.3 Å². The van der Waals surface area contributed by atoms with Gasteiger partial charge in [0.05, 0.1) is 19.0 Å². The van der Waals surface area contributed by atoms with Crippen LogP contribution in [0.2, 0.25) is 0 Å². The summed E-state index contributed by atoms with van der Waals surface area (Å²) in [6, 6.07) is 8.32. The highest BCUT2D eigenvalue weighted by Gasteiger charge is 2.03. The van der Waals surface area contributed by atoms with E-state index in [1.807, 2.05) is 6.92 Å². The van der Waals surface area contributed by atoms with Gasteiger partial charge in [-0.25, -0.2) is 0 Å². The zero-order valence-electron chi connectivity index (χ0n) is 9.72. The van der Waals surface area contributed by atoms with Crippen LogP contribution in [0.25, 0.3) is 0 Å². The Kier molecular flexibility index (Phi) is 6.06. The van der Waals surface area contributed by atoms with E-state index in [9.17, 15) is 8.42 Å². The number of hydrogen-bond donors (Lipinski definition) is 1. The lowest BCUT2D eigenvalue weighted by molar-refractivity contribution is 0.164. The average molecular weight is 276 g/mol. The van der Waals surface area contributed by atoms with Crippen molar-refractivity contribution < 1.29 is 17.7 Å². The van der Waals surface area contributed by atoms with Crippen LogP contribution in [0.1, 0.15) is 5.56 Å². The largest absolute Gasteiger partial charge is 0.380 e. The molecule has 0 radical (unpaired) electrons. The third-order valence-corrected chi connectivity index (χ3v) is 3.99.